The molecule has 1 atom stereocenters. The fraction of sp³-hybridized carbons (Fsp3) is 0.538. The highest BCUT2D eigenvalue weighted by Crippen LogP contribution is 2.19. The maximum absolute atomic E-state index is 9.16. The van der Waals surface area contributed by atoms with Crippen LogP contribution in [0.25, 0.3) is 0 Å². The van der Waals surface area contributed by atoms with Crippen LogP contribution in [0.1, 0.15) is 18.4 Å². The van der Waals surface area contributed by atoms with E-state index in [2.05, 4.69) is 0 Å². The summed E-state index contributed by atoms with van der Waals surface area (Å²) in [6, 6.07) is 5.01. The third-order valence-corrected chi connectivity index (χ3v) is 3.19. The van der Waals surface area contributed by atoms with Gasteiger partial charge in [-0.1, -0.05) is 12.1 Å². The molecule has 0 aliphatic carbocycles. The molecule has 19 heavy (non-hydrogen) atoms. The molecule has 0 amide bonds. The molecule has 1 aromatic rings. The first-order valence-corrected chi connectivity index (χ1v) is 6.43. The van der Waals surface area contributed by atoms with E-state index in [-0.39, 0.29) is 6.10 Å². The first-order valence-electron chi connectivity index (χ1n) is 6.43. The number of ether oxygens (including phenoxy) is 3. The van der Waals surface area contributed by atoms with Crippen molar-refractivity contribution in [3.63, 3.8) is 0 Å². The van der Waals surface area contributed by atoms with E-state index in [0.29, 0.717) is 24.4 Å². The van der Waals surface area contributed by atoms with E-state index >= 15 is 0 Å². The van der Waals surface area contributed by atoms with Gasteiger partial charge in [0.15, 0.2) is 0 Å². The molecule has 1 aliphatic rings. The summed E-state index contributed by atoms with van der Waals surface area (Å²) in [6.45, 7) is 1.72. The number of methoxy groups -OCH3 is 1. The molecule has 5 nitrogen and oxygen atoms in total. The van der Waals surface area contributed by atoms with E-state index < -0.39 is 7.12 Å². The fourth-order valence-electron chi connectivity index (χ4n) is 2.15. The second kappa shape index (κ2) is 6.91. The Morgan fingerprint density at radius 2 is 2.26 bits per heavy atom. The van der Waals surface area contributed by atoms with Crippen molar-refractivity contribution >= 4 is 12.6 Å². The van der Waals surface area contributed by atoms with Crippen LogP contribution in [0.5, 0.6) is 5.75 Å². The van der Waals surface area contributed by atoms with Crippen molar-refractivity contribution in [1.29, 1.82) is 0 Å². The lowest BCUT2D eigenvalue weighted by molar-refractivity contribution is 0.0101. The summed E-state index contributed by atoms with van der Waals surface area (Å²) < 4.78 is 16.3. The van der Waals surface area contributed by atoms with Gasteiger partial charge in [0.25, 0.3) is 0 Å². The third-order valence-electron chi connectivity index (χ3n) is 3.19. The van der Waals surface area contributed by atoms with Crippen molar-refractivity contribution in [3.05, 3.63) is 23.8 Å². The second-order valence-corrected chi connectivity index (χ2v) is 4.60. The zero-order valence-corrected chi connectivity index (χ0v) is 11.0. The Morgan fingerprint density at radius 3 is 2.89 bits per heavy atom. The zero-order chi connectivity index (χ0) is 13.7. The molecule has 0 radical (unpaired) electrons. The Bertz CT molecular complexity index is 404. The van der Waals surface area contributed by atoms with E-state index in [4.69, 9.17) is 24.3 Å². The lowest BCUT2D eigenvalue weighted by Gasteiger charge is -2.13. The smallest absolute Gasteiger partial charge is 0.488 e. The molecule has 0 bridgehead atoms. The van der Waals surface area contributed by atoms with Gasteiger partial charge in [0, 0.05) is 12.2 Å². The normalized spacial score (nSPS) is 18.6. The van der Waals surface area contributed by atoms with Crippen LogP contribution >= 0.6 is 0 Å². The standard InChI is InChI=1S/C13H19BO5/c1-17-13-5-4-11(14(15)16)7-10(13)8-18-9-12-3-2-6-19-12/h4-5,7,12,15-16H,2-3,6,8-9H2,1H3. The van der Waals surface area contributed by atoms with Gasteiger partial charge in [-0.15, -0.1) is 0 Å². The van der Waals surface area contributed by atoms with Gasteiger partial charge in [0.1, 0.15) is 5.75 Å². The number of hydrogen-bond donors (Lipinski definition) is 2. The average Bonchev–Trinajstić information content (AvgIpc) is 2.91. The third kappa shape index (κ3) is 3.94. The fourth-order valence-corrected chi connectivity index (χ4v) is 2.15. The van der Waals surface area contributed by atoms with Gasteiger partial charge < -0.3 is 24.3 Å². The highest BCUT2D eigenvalue weighted by molar-refractivity contribution is 6.58. The van der Waals surface area contributed by atoms with E-state index in [0.717, 1.165) is 25.0 Å². The Balaban J connectivity index is 1.94. The Labute approximate surface area is 113 Å². The van der Waals surface area contributed by atoms with Crippen LogP contribution in [-0.2, 0) is 16.1 Å². The number of hydrogen-bond acceptors (Lipinski definition) is 5. The van der Waals surface area contributed by atoms with Gasteiger partial charge in [-0.25, -0.2) is 0 Å². The van der Waals surface area contributed by atoms with Crippen molar-refractivity contribution < 1.29 is 24.3 Å². The summed E-state index contributed by atoms with van der Waals surface area (Å²) in [7, 11) is 0.0938. The van der Waals surface area contributed by atoms with Gasteiger partial charge in [0.05, 0.1) is 26.4 Å². The van der Waals surface area contributed by atoms with Crippen LogP contribution in [0.4, 0.5) is 0 Å². The summed E-state index contributed by atoms with van der Waals surface area (Å²) in [5.74, 6) is 0.678. The van der Waals surface area contributed by atoms with Crippen LogP contribution < -0.4 is 10.2 Å². The molecule has 0 saturated carbocycles. The van der Waals surface area contributed by atoms with E-state index in [9.17, 15) is 0 Å². The van der Waals surface area contributed by atoms with Gasteiger partial charge >= 0.3 is 7.12 Å². The summed E-state index contributed by atoms with van der Waals surface area (Å²) in [5.41, 5.74) is 1.22. The largest absolute Gasteiger partial charge is 0.496 e. The first kappa shape index (κ1) is 14.3. The summed E-state index contributed by atoms with van der Waals surface area (Å²) in [6.07, 6.45) is 2.30. The molecule has 2 rings (SSSR count). The molecule has 104 valence electrons. The van der Waals surface area contributed by atoms with Gasteiger partial charge in [-0.3, -0.25) is 0 Å². The van der Waals surface area contributed by atoms with Crippen LogP contribution in [0, 0.1) is 0 Å². The van der Waals surface area contributed by atoms with Crippen molar-refractivity contribution in [3.8, 4) is 5.75 Å². The molecule has 0 aromatic heterocycles. The van der Waals surface area contributed by atoms with E-state index in [1.807, 2.05) is 0 Å². The minimum atomic E-state index is -1.48. The van der Waals surface area contributed by atoms with E-state index in [1.54, 1.807) is 25.3 Å². The van der Waals surface area contributed by atoms with E-state index in [1.165, 1.54) is 0 Å². The van der Waals surface area contributed by atoms with Gasteiger partial charge in [-0.2, -0.15) is 0 Å². The average molecular weight is 266 g/mol. The predicted molar refractivity (Wildman–Crippen MR) is 71.4 cm³/mol. The summed E-state index contributed by atoms with van der Waals surface area (Å²) in [5, 5.41) is 18.3. The van der Waals surface area contributed by atoms with Crippen molar-refractivity contribution in [2.24, 2.45) is 0 Å². The molecule has 2 N–H and O–H groups in total. The zero-order valence-electron chi connectivity index (χ0n) is 11.0. The second-order valence-electron chi connectivity index (χ2n) is 4.60. The predicted octanol–water partition coefficient (Wildman–Crippen LogP) is 0.0706. The van der Waals surface area contributed by atoms with Crippen LogP contribution in [0.3, 0.4) is 0 Å². The molecule has 1 unspecified atom stereocenters. The minimum Gasteiger partial charge on any atom is -0.496 e. The number of rotatable bonds is 6. The lowest BCUT2D eigenvalue weighted by atomic mass is 9.79. The SMILES string of the molecule is COc1ccc(B(O)O)cc1COCC1CCCO1. The Hall–Kier alpha value is -1.08. The van der Waals surface area contributed by atoms with Crippen molar-refractivity contribution in [2.45, 2.75) is 25.6 Å². The molecule has 1 heterocycles. The maximum Gasteiger partial charge on any atom is 0.488 e. The minimum absolute atomic E-state index is 0.178. The first-order chi connectivity index (χ1) is 9.20. The molecular weight excluding hydrogens is 247 g/mol. The Morgan fingerprint density at radius 1 is 1.42 bits per heavy atom. The molecule has 0 spiro atoms. The van der Waals surface area contributed by atoms with Crippen molar-refractivity contribution in [2.75, 3.05) is 20.3 Å². The molecule has 1 saturated heterocycles. The summed E-state index contributed by atoms with van der Waals surface area (Å²) in [4.78, 5) is 0. The van der Waals surface area contributed by atoms with Gasteiger partial charge in [-0.05, 0) is 24.4 Å². The molecule has 1 fully saturated rings. The quantitative estimate of drug-likeness (QED) is 0.713. The molecule has 1 aromatic carbocycles. The summed E-state index contributed by atoms with van der Waals surface area (Å²) >= 11 is 0. The van der Waals surface area contributed by atoms with Crippen LogP contribution in [-0.4, -0.2) is 43.6 Å². The van der Waals surface area contributed by atoms with Crippen LogP contribution in [0.2, 0.25) is 0 Å². The van der Waals surface area contributed by atoms with Crippen LogP contribution in [0.15, 0.2) is 18.2 Å². The maximum atomic E-state index is 9.16. The highest BCUT2D eigenvalue weighted by atomic mass is 16.5. The monoisotopic (exact) mass is 266 g/mol. The molecular formula is C13H19BO5. The Kier molecular flexibility index (Phi) is 5.21. The highest BCUT2D eigenvalue weighted by Gasteiger charge is 2.17. The number of benzene rings is 1. The molecule has 6 heteroatoms. The van der Waals surface area contributed by atoms with Gasteiger partial charge in [0.2, 0.25) is 0 Å². The lowest BCUT2D eigenvalue weighted by Crippen LogP contribution is -2.30. The molecule has 1 aliphatic heterocycles. The van der Waals surface area contributed by atoms with Crippen molar-refractivity contribution in [1.82, 2.24) is 0 Å². The topological polar surface area (TPSA) is 68.2 Å².